The summed E-state index contributed by atoms with van der Waals surface area (Å²) in [7, 11) is 1.61. The second-order valence-electron chi connectivity index (χ2n) is 8.82. The third kappa shape index (κ3) is 8.07. The highest BCUT2D eigenvalue weighted by molar-refractivity contribution is 9.10. The van der Waals surface area contributed by atoms with Gasteiger partial charge in [0.2, 0.25) is 5.91 Å². The van der Waals surface area contributed by atoms with Gasteiger partial charge in [-0.05, 0) is 70.1 Å². The molecule has 0 aliphatic heterocycles. The molecule has 33 heavy (non-hydrogen) atoms. The lowest BCUT2D eigenvalue weighted by Crippen LogP contribution is -2.49. The Hall–Kier alpha value is -2.54. The van der Waals surface area contributed by atoms with Crippen molar-refractivity contribution in [2.75, 3.05) is 20.3 Å². The lowest BCUT2D eigenvalue weighted by molar-refractivity contribution is -0.142. The predicted molar refractivity (Wildman–Crippen MR) is 135 cm³/mol. The number of benzene rings is 2. The van der Waals surface area contributed by atoms with E-state index < -0.39 is 6.04 Å². The van der Waals surface area contributed by atoms with Crippen molar-refractivity contribution < 1.29 is 19.1 Å². The van der Waals surface area contributed by atoms with Crippen LogP contribution in [-0.4, -0.2) is 43.0 Å². The van der Waals surface area contributed by atoms with Crippen molar-refractivity contribution in [3.8, 4) is 11.5 Å². The van der Waals surface area contributed by atoms with Gasteiger partial charge in [0.15, 0.2) is 6.61 Å². The van der Waals surface area contributed by atoms with Gasteiger partial charge in [0.25, 0.3) is 5.91 Å². The molecule has 2 rings (SSSR count). The topological polar surface area (TPSA) is 67.9 Å². The molecule has 2 aromatic rings. The van der Waals surface area contributed by atoms with Crippen LogP contribution >= 0.6 is 15.9 Å². The Morgan fingerprint density at radius 1 is 1.03 bits per heavy atom. The van der Waals surface area contributed by atoms with Crippen LogP contribution in [0, 0.1) is 5.92 Å². The quantitative estimate of drug-likeness (QED) is 0.446. The summed E-state index contributed by atoms with van der Waals surface area (Å²) in [6.07, 6.45) is 0. The van der Waals surface area contributed by atoms with E-state index in [1.54, 1.807) is 18.9 Å². The summed E-state index contributed by atoms with van der Waals surface area (Å²) in [5.41, 5.74) is 2.08. The van der Waals surface area contributed by atoms with Crippen LogP contribution < -0.4 is 14.8 Å². The minimum atomic E-state index is -0.645. The molecule has 0 saturated heterocycles. The van der Waals surface area contributed by atoms with Gasteiger partial charge >= 0.3 is 0 Å². The van der Waals surface area contributed by atoms with Crippen LogP contribution in [0.15, 0.2) is 46.9 Å². The maximum atomic E-state index is 13.2. The number of hydrogen-bond acceptors (Lipinski definition) is 4. The molecule has 0 fully saturated rings. The van der Waals surface area contributed by atoms with E-state index in [0.717, 1.165) is 15.8 Å². The standard InChI is InChI=1S/C26H35BrN2O4/c1-17(2)14-28-26(31)19(5)29(15-20-7-10-22(32-6)11-8-20)25(30)16-33-24-12-9-21(18(3)4)13-23(24)27/h7-13,17-19H,14-16H2,1-6H3,(H,28,31)/t19-/m0/s1. The third-order valence-corrected chi connectivity index (χ3v) is 5.96. The number of ether oxygens (including phenoxy) is 2. The molecule has 0 unspecified atom stereocenters. The van der Waals surface area contributed by atoms with Crippen LogP contribution in [0.5, 0.6) is 11.5 Å². The van der Waals surface area contributed by atoms with Crippen molar-refractivity contribution in [1.82, 2.24) is 10.2 Å². The van der Waals surface area contributed by atoms with Gasteiger partial charge in [-0.15, -0.1) is 0 Å². The highest BCUT2D eigenvalue weighted by Gasteiger charge is 2.26. The smallest absolute Gasteiger partial charge is 0.261 e. The fourth-order valence-electron chi connectivity index (χ4n) is 3.18. The molecule has 0 aromatic heterocycles. The second kappa shape index (κ2) is 12.6. The van der Waals surface area contributed by atoms with Gasteiger partial charge in [-0.1, -0.05) is 45.9 Å². The summed E-state index contributed by atoms with van der Waals surface area (Å²) in [5.74, 6) is 1.58. The number of carbonyl (C=O) groups excluding carboxylic acids is 2. The normalized spacial score (nSPS) is 11.9. The molecule has 1 atom stereocenters. The zero-order chi connectivity index (χ0) is 24.5. The van der Waals surface area contributed by atoms with Gasteiger partial charge in [-0.3, -0.25) is 9.59 Å². The SMILES string of the molecule is COc1ccc(CN(C(=O)COc2ccc(C(C)C)cc2Br)[C@@H](C)C(=O)NCC(C)C)cc1. The van der Waals surface area contributed by atoms with Crippen LogP contribution in [-0.2, 0) is 16.1 Å². The van der Waals surface area contributed by atoms with E-state index in [2.05, 4.69) is 35.1 Å². The molecule has 180 valence electrons. The minimum Gasteiger partial charge on any atom is -0.497 e. The van der Waals surface area contributed by atoms with Crippen molar-refractivity contribution in [3.05, 3.63) is 58.1 Å². The first kappa shape index (κ1) is 26.7. The molecule has 0 radical (unpaired) electrons. The van der Waals surface area contributed by atoms with E-state index >= 15 is 0 Å². The van der Waals surface area contributed by atoms with Gasteiger partial charge in [0.1, 0.15) is 17.5 Å². The summed E-state index contributed by atoms with van der Waals surface area (Å²) in [4.78, 5) is 27.5. The predicted octanol–water partition coefficient (Wildman–Crippen LogP) is 5.15. The van der Waals surface area contributed by atoms with Crippen molar-refractivity contribution >= 4 is 27.7 Å². The van der Waals surface area contributed by atoms with Crippen LogP contribution in [0.4, 0.5) is 0 Å². The van der Waals surface area contributed by atoms with E-state index in [1.165, 1.54) is 5.56 Å². The molecule has 2 aromatic carbocycles. The van der Waals surface area contributed by atoms with Crippen molar-refractivity contribution in [3.63, 3.8) is 0 Å². The Bertz CT molecular complexity index is 928. The molecule has 0 bridgehead atoms. The summed E-state index contributed by atoms with van der Waals surface area (Å²) >= 11 is 3.53. The maximum Gasteiger partial charge on any atom is 0.261 e. The Kier molecular flexibility index (Phi) is 10.2. The number of rotatable bonds is 11. The number of halogens is 1. The van der Waals surface area contributed by atoms with E-state index in [-0.39, 0.29) is 25.0 Å². The zero-order valence-corrected chi connectivity index (χ0v) is 21.9. The monoisotopic (exact) mass is 518 g/mol. The Morgan fingerprint density at radius 2 is 1.70 bits per heavy atom. The summed E-state index contributed by atoms with van der Waals surface area (Å²) < 4.78 is 11.8. The van der Waals surface area contributed by atoms with Crippen molar-refractivity contribution in [2.45, 2.75) is 53.1 Å². The Labute approximate surface area is 205 Å². The zero-order valence-electron chi connectivity index (χ0n) is 20.4. The molecule has 0 aliphatic rings. The molecule has 7 heteroatoms. The fraction of sp³-hybridized carbons (Fsp3) is 0.462. The number of nitrogens with zero attached hydrogens (tertiary/aromatic N) is 1. The molecular formula is C26H35BrN2O4. The van der Waals surface area contributed by atoms with Crippen LogP contribution in [0.3, 0.4) is 0 Å². The van der Waals surface area contributed by atoms with Gasteiger partial charge in [0, 0.05) is 13.1 Å². The van der Waals surface area contributed by atoms with Gasteiger partial charge < -0.3 is 19.7 Å². The van der Waals surface area contributed by atoms with Gasteiger partial charge in [0.05, 0.1) is 11.6 Å². The Balaban J connectivity index is 2.16. The molecule has 0 heterocycles. The van der Waals surface area contributed by atoms with E-state index in [0.29, 0.717) is 24.1 Å². The molecule has 0 aliphatic carbocycles. The van der Waals surface area contributed by atoms with Crippen LogP contribution in [0.2, 0.25) is 0 Å². The average molecular weight is 519 g/mol. The lowest BCUT2D eigenvalue weighted by atomic mass is 10.0. The fourth-order valence-corrected chi connectivity index (χ4v) is 3.69. The number of methoxy groups -OCH3 is 1. The van der Waals surface area contributed by atoms with Crippen LogP contribution in [0.25, 0.3) is 0 Å². The van der Waals surface area contributed by atoms with Crippen molar-refractivity contribution in [1.29, 1.82) is 0 Å². The minimum absolute atomic E-state index is 0.169. The first-order valence-corrected chi connectivity index (χ1v) is 12.0. The highest BCUT2D eigenvalue weighted by Crippen LogP contribution is 2.29. The van der Waals surface area contributed by atoms with Crippen LogP contribution in [0.1, 0.15) is 51.7 Å². The molecule has 0 saturated carbocycles. The molecule has 0 spiro atoms. The highest BCUT2D eigenvalue weighted by atomic mass is 79.9. The first-order valence-electron chi connectivity index (χ1n) is 11.2. The number of nitrogens with one attached hydrogen (secondary N) is 1. The van der Waals surface area contributed by atoms with Gasteiger partial charge in [-0.2, -0.15) is 0 Å². The molecular weight excluding hydrogens is 484 g/mol. The lowest BCUT2D eigenvalue weighted by Gasteiger charge is -2.29. The van der Waals surface area contributed by atoms with Gasteiger partial charge in [-0.25, -0.2) is 0 Å². The molecule has 2 amide bonds. The maximum absolute atomic E-state index is 13.2. The summed E-state index contributed by atoms with van der Waals surface area (Å²) in [6.45, 7) is 10.7. The third-order valence-electron chi connectivity index (χ3n) is 5.34. The number of hydrogen-bond donors (Lipinski definition) is 1. The average Bonchev–Trinajstić information content (AvgIpc) is 2.79. The van der Waals surface area contributed by atoms with E-state index in [4.69, 9.17) is 9.47 Å². The first-order chi connectivity index (χ1) is 15.6. The summed E-state index contributed by atoms with van der Waals surface area (Å²) in [6, 6.07) is 12.7. The summed E-state index contributed by atoms with van der Waals surface area (Å²) in [5, 5.41) is 2.92. The number of carbonyl (C=O) groups is 2. The van der Waals surface area contributed by atoms with Crippen molar-refractivity contribution in [2.24, 2.45) is 5.92 Å². The molecule has 1 N–H and O–H groups in total. The second-order valence-corrected chi connectivity index (χ2v) is 9.67. The number of amides is 2. The molecule has 6 nitrogen and oxygen atoms in total. The Morgan fingerprint density at radius 3 is 2.24 bits per heavy atom. The van der Waals surface area contributed by atoms with E-state index in [1.807, 2.05) is 56.3 Å². The van der Waals surface area contributed by atoms with E-state index in [9.17, 15) is 9.59 Å². The largest absolute Gasteiger partial charge is 0.497 e.